The highest BCUT2D eigenvalue weighted by atomic mass is 79.9. The highest BCUT2D eigenvalue weighted by Gasteiger charge is 2.36. The van der Waals surface area contributed by atoms with Crippen LogP contribution in [-0.2, 0) is 4.79 Å². The van der Waals surface area contributed by atoms with E-state index in [1.165, 1.54) is 16.2 Å². The number of halogens is 1. The Hall–Kier alpha value is -1.37. The van der Waals surface area contributed by atoms with Crippen molar-refractivity contribution in [2.45, 2.75) is 0 Å². The molecule has 1 aromatic heterocycles. The van der Waals surface area contributed by atoms with Gasteiger partial charge in [-0.15, -0.1) is 11.3 Å². The molecule has 0 bridgehead atoms. The molecule has 0 atom stereocenters. The second kappa shape index (κ2) is 5.55. The number of carbonyl (C=O) groups is 2. The van der Waals surface area contributed by atoms with Gasteiger partial charge in [0.2, 0.25) is 0 Å². The molecule has 0 spiro atoms. The summed E-state index contributed by atoms with van der Waals surface area (Å²) in [7, 11) is 0. The molecular formula is C14H8BrNO2S2. The van der Waals surface area contributed by atoms with E-state index < -0.39 is 0 Å². The number of hydrogen-bond donors (Lipinski definition) is 0. The Morgan fingerprint density at radius 3 is 2.45 bits per heavy atom. The van der Waals surface area contributed by atoms with E-state index in [4.69, 9.17) is 0 Å². The van der Waals surface area contributed by atoms with Gasteiger partial charge in [-0.2, -0.15) is 0 Å². The van der Waals surface area contributed by atoms with Crippen LogP contribution >= 0.6 is 39.0 Å². The van der Waals surface area contributed by atoms with E-state index in [9.17, 15) is 9.59 Å². The molecule has 0 unspecified atom stereocenters. The number of anilines is 1. The van der Waals surface area contributed by atoms with Crippen molar-refractivity contribution in [3.63, 3.8) is 0 Å². The van der Waals surface area contributed by atoms with Gasteiger partial charge in [-0.3, -0.25) is 9.59 Å². The van der Waals surface area contributed by atoms with Gasteiger partial charge >= 0.3 is 0 Å². The number of benzene rings is 1. The number of rotatable bonds is 2. The van der Waals surface area contributed by atoms with Gasteiger partial charge in [0.05, 0.1) is 14.4 Å². The molecule has 0 aliphatic carbocycles. The molecule has 20 heavy (non-hydrogen) atoms. The fourth-order valence-corrected chi connectivity index (χ4v) is 4.08. The van der Waals surface area contributed by atoms with Gasteiger partial charge in [-0.25, -0.2) is 4.90 Å². The number of thioether (sulfide) groups is 1. The average molecular weight is 366 g/mol. The van der Waals surface area contributed by atoms with Crippen LogP contribution in [0, 0.1) is 0 Å². The molecule has 1 aliphatic rings. The van der Waals surface area contributed by atoms with Crippen molar-refractivity contribution < 1.29 is 9.59 Å². The maximum Gasteiger partial charge on any atom is 0.298 e. The summed E-state index contributed by atoms with van der Waals surface area (Å²) >= 11 is 5.87. The molecule has 6 heteroatoms. The van der Waals surface area contributed by atoms with Crippen LogP contribution in [0.25, 0.3) is 6.08 Å². The first kappa shape index (κ1) is 13.6. The first-order valence-electron chi connectivity index (χ1n) is 5.73. The van der Waals surface area contributed by atoms with Crippen LogP contribution in [0.15, 0.2) is 51.2 Å². The van der Waals surface area contributed by atoms with Crippen LogP contribution in [-0.4, -0.2) is 11.1 Å². The number of nitrogens with zero attached hydrogens (tertiary/aromatic N) is 1. The normalized spacial score (nSPS) is 17.2. The van der Waals surface area contributed by atoms with Crippen molar-refractivity contribution in [1.82, 2.24) is 0 Å². The van der Waals surface area contributed by atoms with E-state index in [1.807, 2.05) is 18.2 Å². The summed E-state index contributed by atoms with van der Waals surface area (Å²) in [4.78, 5) is 26.9. The Kier molecular flexibility index (Phi) is 3.78. The molecule has 0 radical (unpaired) electrons. The van der Waals surface area contributed by atoms with Crippen molar-refractivity contribution in [1.29, 1.82) is 0 Å². The molecule has 2 amide bonds. The molecule has 1 saturated heterocycles. The summed E-state index contributed by atoms with van der Waals surface area (Å²) in [6.07, 6.45) is 1.75. The zero-order valence-electron chi connectivity index (χ0n) is 10.1. The van der Waals surface area contributed by atoms with Crippen LogP contribution in [0.3, 0.4) is 0 Å². The Morgan fingerprint density at radius 2 is 1.80 bits per heavy atom. The van der Waals surface area contributed by atoms with Crippen molar-refractivity contribution >= 4 is 61.9 Å². The molecule has 0 saturated carbocycles. The predicted octanol–water partition coefficient (Wildman–Crippen LogP) is 4.75. The summed E-state index contributed by atoms with van der Waals surface area (Å²) in [5.41, 5.74) is 0.603. The van der Waals surface area contributed by atoms with E-state index in [0.29, 0.717) is 10.6 Å². The lowest BCUT2D eigenvalue weighted by Gasteiger charge is -2.11. The van der Waals surface area contributed by atoms with Crippen molar-refractivity contribution in [2.75, 3.05) is 4.90 Å². The molecule has 1 fully saturated rings. The molecule has 2 heterocycles. The average Bonchev–Trinajstić information content (AvgIpc) is 2.96. The summed E-state index contributed by atoms with van der Waals surface area (Å²) in [5.74, 6) is -0.268. The van der Waals surface area contributed by atoms with Crippen LogP contribution in [0.5, 0.6) is 0 Å². The van der Waals surface area contributed by atoms with E-state index in [1.54, 1.807) is 30.3 Å². The molecule has 2 aromatic rings. The van der Waals surface area contributed by atoms with Crippen LogP contribution < -0.4 is 4.90 Å². The Morgan fingerprint density at radius 1 is 1.05 bits per heavy atom. The Bertz CT molecular complexity index is 709. The second-order valence-electron chi connectivity index (χ2n) is 3.99. The maximum absolute atomic E-state index is 12.3. The largest absolute Gasteiger partial charge is 0.298 e. The van der Waals surface area contributed by atoms with E-state index in [-0.39, 0.29) is 11.1 Å². The number of amides is 2. The fraction of sp³-hybridized carbons (Fsp3) is 0. The first-order valence-corrected chi connectivity index (χ1v) is 8.16. The van der Waals surface area contributed by atoms with Crippen LogP contribution in [0.2, 0.25) is 0 Å². The number of carbonyl (C=O) groups excluding carboxylic acids is 2. The Balaban J connectivity index is 1.93. The highest BCUT2D eigenvalue weighted by molar-refractivity contribution is 9.11. The minimum absolute atomic E-state index is 0.261. The molecule has 0 N–H and O–H groups in total. The van der Waals surface area contributed by atoms with Crippen molar-refractivity contribution in [2.24, 2.45) is 0 Å². The van der Waals surface area contributed by atoms with Gasteiger partial charge in [0.25, 0.3) is 11.1 Å². The van der Waals surface area contributed by atoms with Gasteiger partial charge < -0.3 is 0 Å². The second-order valence-corrected chi connectivity index (χ2v) is 7.48. The van der Waals surface area contributed by atoms with Crippen LogP contribution in [0.1, 0.15) is 4.88 Å². The van der Waals surface area contributed by atoms with Gasteiger partial charge in [0, 0.05) is 4.88 Å². The van der Waals surface area contributed by atoms with Gasteiger partial charge in [0.15, 0.2) is 0 Å². The molecular weight excluding hydrogens is 358 g/mol. The third-order valence-electron chi connectivity index (χ3n) is 2.68. The molecule has 100 valence electrons. The Labute approximate surface area is 132 Å². The number of imide groups is 1. The lowest BCUT2D eigenvalue weighted by atomic mass is 10.3. The van der Waals surface area contributed by atoms with Crippen molar-refractivity contribution in [3.8, 4) is 0 Å². The smallest absolute Gasteiger partial charge is 0.268 e. The lowest BCUT2D eigenvalue weighted by molar-refractivity contribution is -0.113. The minimum atomic E-state index is -0.268. The van der Waals surface area contributed by atoms with E-state index in [2.05, 4.69) is 15.9 Å². The standard InChI is InChI=1S/C14H8BrNO2S2/c15-12-7-6-10(19-12)8-11-13(17)16(14(18)20-11)9-4-2-1-3-5-9/h1-8H/b11-8-. The molecule has 3 nitrogen and oxygen atoms in total. The summed E-state index contributed by atoms with van der Waals surface area (Å²) < 4.78 is 0.992. The third kappa shape index (κ3) is 2.59. The topological polar surface area (TPSA) is 37.4 Å². The molecule has 1 aliphatic heterocycles. The third-order valence-corrected chi connectivity index (χ3v) is 5.12. The van der Waals surface area contributed by atoms with E-state index in [0.717, 1.165) is 20.4 Å². The van der Waals surface area contributed by atoms with Gasteiger partial charge in [-0.1, -0.05) is 18.2 Å². The molecule has 3 rings (SSSR count). The number of para-hydroxylation sites is 1. The van der Waals surface area contributed by atoms with E-state index >= 15 is 0 Å². The highest BCUT2D eigenvalue weighted by Crippen LogP contribution is 2.36. The molecule has 1 aromatic carbocycles. The maximum atomic E-state index is 12.3. The summed E-state index contributed by atoms with van der Waals surface area (Å²) in [5, 5.41) is -0.261. The van der Waals surface area contributed by atoms with Gasteiger partial charge in [-0.05, 0) is 58.0 Å². The predicted molar refractivity (Wildman–Crippen MR) is 86.9 cm³/mol. The van der Waals surface area contributed by atoms with Gasteiger partial charge in [0.1, 0.15) is 0 Å². The fourth-order valence-electron chi connectivity index (χ4n) is 1.80. The van der Waals surface area contributed by atoms with Crippen LogP contribution in [0.4, 0.5) is 10.5 Å². The zero-order chi connectivity index (χ0) is 14.1. The number of hydrogen-bond acceptors (Lipinski definition) is 4. The first-order chi connectivity index (χ1) is 9.65. The van der Waals surface area contributed by atoms with Crippen molar-refractivity contribution in [3.05, 3.63) is 56.0 Å². The monoisotopic (exact) mass is 365 g/mol. The SMILES string of the molecule is O=C1S/C(=C\c2ccc(Br)s2)C(=O)N1c1ccccc1. The number of thiophene rings is 1. The lowest BCUT2D eigenvalue weighted by Crippen LogP contribution is -2.27. The quantitative estimate of drug-likeness (QED) is 0.720. The zero-order valence-corrected chi connectivity index (χ0v) is 13.3. The summed E-state index contributed by atoms with van der Waals surface area (Å²) in [6, 6.07) is 12.8. The minimum Gasteiger partial charge on any atom is -0.268 e. The summed E-state index contributed by atoms with van der Waals surface area (Å²) in [6.45, 7) is 0.